The van der Waals surface area contributed by atoms with Crippen LogP contribution < -0.4 is 0 Å². The second-order valence-electron chi connectivity index (χ2n) is 29.1. The smallest absolute Gasteiger partial charge is 0.307 e. The summed E-state index contributed by atoms with van der Waals surface area (Å²) < 4.78 is 23.9. The molecule has 1 heterocycles. The average molecular weight is 1130 g/mol. The molecule has 1 saturated heterocycles. The first kappa shape index (κ1) is 66.4. The number of esters is 4. The van der Waals surface area contributed by atoms with Crippen LogP contribution in [0.1, 0.15) is 310 Å². The highest BCUT2D eigenvalue weighted by Crippen LogP contribution is 2.57. The number of hydrogen-bond acceptors (Lipinski definition) is 9. The lowest BCUT2D eigenvalue weighted by Crippen LogP contribution is -2.44. The van der Waals surface area contributed by atoms with Crippen LogP contribution in [0.5, 0.6) is 0 Å². The van der Waals surface area contributed by atoms with Gasteiger partial charge < -0.3 is 23.8 Å². The van der Waals surface area contributed by atoms with E-state index in [1.54, 1.807) is 0 Å². The first-order chi connectivity index (χ1) is 39.6. The lowest BCUT2D eigenvalue weighted by Gasteiger charge is -2.31. The number of hydrogen-bond donors (Lipinski definition) is 0. The third-order valence-electron chi connectivity index (χ3n) is 21.6. The molecule has 7 fully saturated rings. The zero-order valence-corrected chi connectivity index (χ0v) is 52.9. The molecule has 0 aromatic rings. The van der Waals surface area contributed by atoms with Crippen LogP contribution in [0.25, 0.3) is 0 Å². The molecule has 9 nitrogen and oxygen atoms in total. The molecular formula is C72H125NO8. The largest absolute Gasteiger partial charge is 0.465 e. The lowest BCUT2D eigenvalue weighted by molar-refractivity contribution is -0.170. The molecule has 9 heteroatoms. The molecule has 12 unspecified atom stereocenters. The van der Waals surface area contributed by atoms with Crippen LogP contribution in [0.15, 0.2) is 0 Å². The molecule has 12 atom stereocenters. The van der Waals surface area contributed by atoms with Gasteiger partial charge in [-0.1, -0.05) is 194 Å². The molecule has 7 rings (SSSR count). The fraction of sp³-hybridized carbons (Fsp3) is 0.944. The van der Waals surface area contributed by atoms with E-state index in [4.69, 9.17) is 18.9 Å². The first-order valence-corrected chi connectivity index (χ1v) is 36.0. The second kappa shape index (κ2) is 37.4. The van der Waals surface area contributed by atoms with Crippen molar-refractivity contribution in [2.24, 2.45) is 76.4 Å². The predicted molar refractivity (Wildman–Crippen MR) is 329 cm³/mol. The van der Waals surface area contributed by atoms with Crippen molar-refractivity contribution in [1.29, 1.82) is 0 Å². The fourth-order valence-electron chi connectivity index (χ4n) is 15.2. The minimum atomic E-state index is -1.20. The number of carbonyl (C=O) groups excluding carboxylic acids is 4. The number of likely N-dealkylation sites (tertiary alicyclic amines) is 1. The van der Waals surface area contributed by atoms with Crippen molar-refractivity contribution in [2.75, 3.05) is 46.1 Å². The van der Waals surface area contributed by atoms with E-state index in [0.29, 0.717) is 25.8 Å². The molecular weight excluding hydrogens is 1010 g/mol. The van der Waals surface area contributed by atoms with E-state index in [-0.39, 0.29) is 56.7 Å². The molecule has 0 aromatic carbocycles. The molecule has 6 aliphatic carbocycles. The van der Waals surface area contributed by atoms with Gasteiger partial charge in [-0.05, 0) is 174 Å². The molecule has 81 heavy (non-hydrogen) atoms. The Morgan fingerprint density at radius 2 is 0.568 bits per heavy atom. The fourth-order valence-corrected chi connectivity index (χ4v) is 15.2. The molecule has 6 saturated carbocycles. The molecule has 0 aromatic heterocycles. The second-order valence-corrected chi connectivity index (χ2v) is 29.1. The van der Waals surface area contributed by atoms with Gasteiger partial charge in [0.25, 0.3) is 0 Å². The molecule has 0 spiro atoms. The van der Waals surface area contributed by atoms with Gasteiger partial charge in [0.05, 0.1) is 6.42 Å². The lowest BCUT2D eigenvalue weighted by atomic mass is 9.92. The standard InChI is InChI=1S/C72H125NO8/c1-4-7-19-30-56-43-62(56)49-65-46-59(65)33-22-13-10-16-25-36-68(74)78-52-72(55-81-71(77)39-42-73-40-28-29-41-73,53-79-69(75)37-26-17-11-14-23-34-60-47-66(60)50-63-44-57(63)31-20-8-5-2)54-80-70(76)38-27-18-12-15-24-35-61-48-67(61)51-64-45-58(64)32-21-9-6-3/h56-67H,4-55H2,1-3H3. The van der Waals surface area contributed by atoms with E-state index in [9.17, 15) is 19.2 Å². The third-order valence-corrected chi connectivity index (χ3v) is 21.6. The third kappa shape index (κ3) is 27.8. The minimum Gasteiger partial charge on any atom is -0.465 e. The Morgan fingerprint density at radius 3 is 0.852 bits per heavy atom. The quantitative estimate of drug-likeness (QED) is 0.0334. The summed E-state index contributed by atoms with van der Waals surface area (Å²) in [6, 6.07) is 0. The van der Waals surface area contributed by atoms with E-state index >= 15 is 0 Å². The van der Waals surface area contributed by atoms with Crippen molar-refractivity contribution in [3.05, 3.63) is 0 Å². The number of ether oxygens (including phenoxy) is 4. The maximum Gasteiger partial charge on any atom is 0.307 e. The molecule has 0 bridgehead atoms. The Kier molecular flexibility index (Phi) is 30.7. The summed E-state index contributed by atoms with van der Waals surface area (Å²) in [6.45, 7) is 8.89. The highest BCUT2D eigenvalue weighted by atomic mass is 16.6. The summed E-state index contributed by atoms with van der Waals surface area (Å²) >= 11 is 0. The maximum atomic E-state index is 13.4. The zero-order chi connectivity index (χ0) is 56.9. The summed E-state index contributed by atoms with van der Waals surface area (Å²) in [7, 11) is 0. The Morgan fingerprint density at radius 1 is 0.321 bits per heavy atom. The van der Waals surface area contributed by atoms with Gasteiger partial charge >= 0.3 is 23.9 Å². The van der Waals surface area contributed by atoms with E-state index in [1.165, 1.54) is 193 Å². The van der Waals surface area contributed by atoms with Crippen molar-refractivity contribution < 1.29 is 38.1 Å². The summed E-state index contributed by atoms with van der Waals surface area (Å²) in [5.41, 5.74) is -1.20. The van der Waals surface area contributed by atoms with Gasteiger partial charge in [-0.15, -0.1) is 0 Å². The van der Waals surface area contributed by atoms with Gasteiger partial charge in [-0.25, -0.2) is 0 Å². The normalized spacial score (nSPS) is 28.5. The van der Waals surface area contributed by atoms with Gasteiger partial charge in [0.2, 0.25) is 0 Å². The van der Waals surface area contributed by atoms with Gasteiger partial charge in [-0.2, -0.15) is 0 Å². The first-order valence-electron chi connectivity index (χ1n) is 36.0. The van der Waals surface area contributed by atoms with Crippen LogP contribution in [0.2, 0.25) is 0 Å². The number of nitrogens with zero attached hydrogens (tertiary/aromatic N) is 1. The number of rotatable bonds is 53. The van der Waals surface area contributed by atoms with Gasteiger partial charge in [0.15, 0.2) is 0 Å². The summed E-state index contributed by atoms with van der Waals surface area (Å²) in [5.74, 6) is 10.7. The van der Waals surface area contributed by atoms with E-state index in [2.05, 4.69) is 25.7 Å². The Hall–Kier alpha value is -2.16. The van der Waals surface area contributed by atoms with E-state index in [1.807, 2.05) is 0 Å². The molecule has 0 N–H and O–H groups in total. The SMILES string of the molecule is CCCCCC1CC1CC1CC1CCCCCCCC(=O)OCC(COC(=O)CCCCCCCC1CC1CC1CC1CCCCC)(COC(=O)CCCCCCCC1CC1CC1CC1CCCCC)COC(=O)CCN1CCCC1. The maximum absolute atomic E-state index is 13.4. The van der Waals surface area contributed by atoms with Crippen LogP contribution in [0.4, 0.5) is 0 Å². The zero-order valence-electron chi connectivity index (χ0n) is 52.9. The van der Waals surface area contributed by atoms with Crippen LogP contribution in [0.3, 0.4) is 0 Å². The molecule has 466 valence electrons. The van der Waals surface area contributed by atoms with Crippen LogP contribution in [0, 0.1) is 76.4 Å². The van der Waals surface area contributed by atoms with Crippen LogP contribution in [-0.4, -0.2) is 74.8 Å². The average Bonchev–Trinajstić information content (AvgIpc) is 4.21. The molecule has 7 aliphatic rings. The molecule has 0 amide bonds. The summed E-state index contributed by atoms with van der Waals surface area (Å²) in [4.78, 5) is 55.8. The topological polar surface area (TPSA) is 108 Å². The predicted octanol–water partition coefficient (Wildman–Crippen LogP) is 18.6. The minimum absolute atomic E-state index is 0.154. The highest BCUT2D eigenvalue weighted by Gasteiger charge is 2.47. The number of carbonyl (C=O) groups is 4. The monoisotopic (exact) mass is 1130 g/mol. The van der Waals surface area contributed by atoms with Crippen molar-refractivity contribution in [3.8, 4) is 0 Å². The van der Waals surface area contributed by atoms with Gasteiger partial charge in [0, 0.05) is 25.8 Å². The van der Waals surface area contributed by atoms with Crippen molar-refractivity contribution in [3.63, 3.8) is 0 Å². The Bertz CT molecular complexity index is 1590. The number of unbranched alkanes of at least 4 members (excludes halogenated alkanes) is 18. The molecule has 0 radical (unpaired) electrons. The van der Waals surface area contributed by atoms with Crippen LogP contribution >= 0.6 is 0 Å². The summed E-state index contributed by atoms with van der Waals surface area (Å²) in [5, 5.41) is 0. The van der Waals surface area contributed by atoms with Crippen molar-refractivity contribution >= 4 is 23.9 Å². The van der Waals surface area contributed by atoms with Crippen molar-refractivity contribution in [1.82, 2.24) is 4.90 Å². The summed E-state index contributed by atoms with van der Waals surface area (Å²) in [6.07, 6.45) is 53.7. The Balaban J connectivity index is 0.802. The molecule has 1 aliphatic heterocycles. The highest BCUT2D eigenvalue weighted by molar-refractivity contribution is 5.71. The van der Waals surface area contributed by atoms with Gasteiger partial charge in [0.1, 0.15) is 31.8 Å². The van der Waals surface area contributed by atoms with Crippen molar-refractivity contribution in [2.45, 2.75) is 310 Å². The van der Waals surface area contributed by atoms with Gasteiger partial charge in [-0.3, -0.25) is 19.2 Å². The van der Waals surface area contributed by atoms with E-state index < -0.39 is 5.41 Å². The van der Waals surface area contributed by atoms with E-state index in [0.717, 1.165) is 155 Å². The Labute approximate surface area is 496 Å². The van der Waals surface area contributed by atoms with Crippen LogP contribution in [-0.2, 0) is 38.1 Å².